The van der Waals surface area contributed by atoms with Gasteiger partial charge in [0.05, 0.1) is 16.8 Å². The van der Waals surface area contributed by atoms with Crippen molar-refractivity contribution in [1.82, 2.24) is 5.32 Å². The van der Waals surface area contributed by atoms with E-state index in [1.165, 1.54) is 6.07 Å². The number of anilines is 1. The highest BCUT2D eigenvalue weighted by Crippen LogP contribution is 2.35. The van der Waals surface area contributed by atoms with Crippen molar-refractivity contribution in [2.24, 2.45) is 0 Å². The van der Waals surface area contributed by atoms with Crippen molar-refractivity contribution in [3.8, 4) is 0 Å². The molecule has 0 amide bonds. The van der Waals surface area contributed by atoms with Crippen molar-refractivity contribution in [3.05, 3.63) is 64.4 Å². The van der Waals surface area contributed by atoms with Crippen LogP contribution in [0.1, 0.15) is 24.1 Å². The van der Waals surface area contributed by atoms with Crippen LogP contribution in [-0.4, -0.2) is 14.1 Å². The molecule has 0 aliphatic rings. The Morgan fingerprint density at radius 3 is 2.57 bits per heavy atom. The third-order valence-electron chi connectivity index (χ3n) is 3.73. The molecule has 0 heterocycles. The minimum absolute atomic E-state index is 0.110. The van der Waals surface area contributed by atoms with E-state index in [2.05, 4.69) is 5.32 Å². The molecule has 0 fully saturated rings. The van der Waals surface area contributed by atoms with Gasteiger partial charge in [-0.05, 0) is 31.7 Å². The Hall–Kier alpha value is -1.58. The standard InChI is InChI=1S/C17H20ClFN2/c1-12(14-8-4-5-10-16(14)19)21(3)17-13(11-20-2)7-6-9-15(17)18/h4-10,12,20H,11H2,1-3H3. The molecule has 21 heavy (non-hydrogen) atoms. The molecule has 0 saturated carbocycles. The first-order valence-corrected chi connectivity index (χ1v) is 7.33. The van der Waals surface area contributed by atoms with Gasteiger partial charge in [-0.1, -0.05) is 41.9 Å². The van der Waals surface area contributed by atoms with E-state index >= 15 is 0 Å². The quantitative estimate of drug-likeness (QED) is 0.881. The predicted octanol–water partition coefficient (Wildman–Crippen LogP) is 4.40. The van der Waals surface area contributed by atoms with Crippen LogP contribution >= 0.6 is 11.6 Å². The molecular formula is C17H20ClFN2. The second-order valence-corrected chi connectivity index (χ2v) is 5.49. The zero-order valence-corrected chi connectivity index (χ0v) is 13.3. The molecule has 1 unspecified atom stereocenters. The van der Waals surface area contributed by atoms with Crippen molar-refractivity contribution in [1.29, 1.82) is 0 Å². The van der Waals surface area contributed by atoms with Crippen LogP contribution in [0.15, 0.2) is 42.5 Å². The SMILES string of the molecule is CNCc1cccc(Cl)c1N(C)C(C)c1ccccc1F. The molecule has 2 aromatic carbocycles. The highest BCUT2D eigenvalue weighted by Gasteiger charge is 2.19. The summed E-state index contributed by atoms with van der Waals surface area (Å²) in [5.41, 5.74) is 2.69. The lowest BCUT2D eigenvalue weighted by molar-refractivity contribution is 0.585. The van der Waals surface area contributed by atoms with Crippen LogP contribution in [0.5, 0.6) is 0 Å². The zero-order chi connectivity index (χ0) is 15.4. The fourth-order valence-corrected chi connectivity index (χ4v) is 2.83. The van der Waals surface area contributed by atoms with Crippen LogP contribution in [0.3, 0.4) is 0 Å². The number of benzene rings is 2. The summed E-state index contributed by atoms with van der Waals surface area (Å²) in [5, 5.41) is 3.81. The molecule has 2 nitrogen and oxygen atoms in total. The molecule has 0 aromatic heterocycles. The van der Waals surface area contributed by atoms with E-state index in [0.717, 1.165) is 11.3 Å². The zero-order valence-electron chi connectivity index (χ0n) is 12.5. The summed E-state index contributed by atoms with van der Waals surface area (Å²) in [6, 6.07) is 12.6. The average molecular weight is 307 g/mol. The molecule has 0 radical (unpaired) electrons. The van der Waals surface area contributed by atoms with Gasteiger partial charge < -0.3 is 10.2 Å². The average Bonchev–Trinajstić information content (AvgIpc) is 2.47. The minimum atomic E-state index is -0.195. The summed E-state index contributed by atoms with van der Waals surface area (Å²) in [6.45, 7) is 2.69. The van der Waals surface area contributed by atoms with Crippen LogP contribution in [0, 0.1) is 5.82 Å². The molecule has 1 N–H and O–H groups in total. The van der Waals surface area contributed by atoms with E-state index in [0.29, 0.717) is 17.1 Å². The van der Waals surface area contributed by atoms with Gasteiger partial charge in [0, 0.05) is 19.2 Å². The fraction of sp³-hybridized carbons (Fsp3) is 0.294. The molecule has 0 bridgehead atoms. The van der Waals surface area contributed by atoms with E-state index in [4.69, 9.17) is 11.6 Å². The van der Waals surface area contributed by atoms with E-state index in [1.807, 2.05) is 56.3 Å². The third-order valence-corrected chi connectivity index (χ3v) is 4.03. The summed E-state index contributed by atoms with van der Waals surface area (Å²) in [7, 11) is 3.84. The third kappa shape index (κ3) is 3.36. The number of hydrogen-bond acceptors (Lipinski definition) is 2. The maximum absolute atomic E-state index is 14.0. The summed E-state index contributed by atoms with van der Waals surface area (Å²) in [6.07, 6.45) is 0. The van der Waals surface area contributed by atoms with Crippen molar-refractivity contribution < 1.29 is 4.39 Å². The normalized spacial score (nSPS) is 12.2. The largest absolute Gasteiger partial charge is 0.366 e. The first-order chi connectivity index (χ1) is 10.1. The van der Waals surface area contributed by atoms with Crippen LogP contribution in [0.4, 0.5) is 10.1 Å². The smallest absolute Gasteiger partial charge is 0.128 e. The number of nitrogens with one attached hydrogen (secondary N) is 1. The Morgan fingerprint density at radius 1 is 1.19 bits per heavy atom. The summed E-state index contributed by atoms with van der Waals surface area (Å²) in [5.74, 6) is -0.195. The summed E-state index contributed by atoms with van der Waals surface area (Å²) < 4.78 is 14.0. The van der Waals surface area contributed by atoms with Gasteiger partial charge in [-0.15, -0.1) is 0 Å². The van der Waals surface area contributed by atoms with Gasteiger partial charge >= 0.3 is 0 Å². The Labute approximate surface area is 130 Å². The van der Waals surface area contributed by atoms with Crippen LogP contribution in [0.2, 0.25) is 5.02 Å². The second-order valence-electron chi connectivity index (χ2n) is 5.09. The molecule has 4 heteroatoms. The molecule has 2 aromatic rings. The monoisotopic (exact) mass is 306 g/mol. The molecule has 2 rings (SSSR count). The van der Waals surface area contributed by atoms with Gasteiger partial charge in [0.2, 0.25) is 0 Å². The molecular weight excluding hydrogens is 287 g/mol. The van der Waals surface area contributed by atoms with Gasteiger partial charge in [0.15, 0.2) is 0 Å². The lowest BCUT2D eigenvalue weighted by atomic mass is 10.0. The Kier molecular flexibility index (Phi) is 5.21. The number of nitrogens with zero attached hydrogens (tertiary/aromatic N) is 1. The Morgan fingerprint density at radius 2 is 1.90 bits per heavy atom. The number of para-hydroxylation sites is 1. The molecule has 112 valence electrons. The number of rotatable bonds is 5. The second kappa shape index (κ2) is 6.92. The Bertz CT molecular complexity index is 615. The van der Waals surface area contributed by atoms with Crippen molar-refractivity contribution in [2.75, 3.05) is 19.0 Å². The lowest BCUT2D eigenvalue weighted by Crippen LogP contribution is -2.25. The summed E-state index contributed by atoms with van der Waals surface area (Å²) in [4.78, 5) is 2.02. The topological polar surface area (TPSA) is 15.3 Å². The van der Waals surface area contributed by atoms with E-state index in [-0.39, 0.29) is 11.9 Å². The molecule has 0 aliphatic carbocycles. The van der Waals surface area contributed by atoms with Crippen LogP contribution in [-0.2, 0) is 6.54 Å². The van der Waals surface area contributed by atoms with Crippen molar-refractivity contribution in [3.63, 3.8) is 0 Å². The van der Waals surface area contributed by atoms with Crippen LogP contribution in [0.25, 0.3) is 0 Å². The van der Waals surface area contributed by atoms with E-state index in [9.17, 15) is 4.39 Å². The van der Waals surface area contributed by atoms with Crippen molar-refractivity contribution >= 4 is 17.3 Å². The fourth-order valence-electron chi connectivity index (χ4n) is 2.50. The van der Waals surface area contributed by atoms with Gasteiger partial charge in [-0.3, -0.25) is 0 Å². The maximum atomic E-state index is 14.0. The maximum Gasteiger partial charge on any atom is 0.128 e. The van der Waals surface area contributed by atoms with E-state index in [1.54, 1.807) is 6.07 Å². The van der Waals surface area contributed by atoms with Crippen molar-refractivity contribution in [2.45, 2.75) is 19.5 Å². The molecule has 0 spiro atoms. The van der Waals surface area contributed by atoms with Gasteiger partial charge in [-0.25, -0.2) is 4.39 Å². The first-order valence-electron chi connectivity index (χ1n) is 6.95. The van der Waals surface area contributed by atoms with E-state index < -0.39 is 0 Å². The summed E-state index contributed by atoms with van der Waals surface area (Å²) >= 11 is 6.37. The molecule has 0 aliphatic heterocycles. The number of halogens is 2. The van der Waals surface area contributed by atoms with Gasteiger partial charge in [0.1, 0.15) is 5.82 Å². The minimum Gasteiger partial charge on any atom is -0.366 e. The predicted molar refractivity (Wildman–Crippen MR) is 87.4 cm³/mol. The van der Waals surface area contributed by atoms with Gasteiger partial charge in [-0.2, -0.15) is 0 Å². The Balaban J connectivity index is 2.40. The lowest BCUT2D eigenvalue weighted by Gasteiger charge is -2.30. The number of hydrogen-bond donors (Lipinski definition) is 1. The molecule has 0 saturated heterocycles. The van der Waals surface area contributed by atoms with Gasteiger partial charge in [0.25, 0.3) is 0 Å². The highest BCUT2D eigenvalue weighted by molar-refractivity contribution is 6.33. The van der Waals surface area contributed by atoms with Crippen LogP contribution < -0.4 is 10.2 Å². The molecule has 1 atom stereocenters. The highest BCUT2D eigenvalue weighted by atomic mass is 35.5. The first kappa shape index (κ1) is 15.8.